The monoisotopic (exact) mass is 1020 g/mol. The summed E-state index contributed by atoms with van der Waals surface area (Å²) in [5.41, 5.74) is 11.4. The van der Waals surface area contributed by atoms with Crippen molar-refractivity contribution in [2.24, 2.45) is 29.2 Å². The summed E-state index contributed by atoms with van der Waals surface area (Å²) in [7, 11) is 0. The number of nitrogens with two attached hydrogens (primary N) is 2. The molecule has 0 saturated heterocycles. The van der Waals surface area contributed by atoms with E-state index in [9.17, 15) is 62.3 Å². The molecule has 0 rings (SSSR count). The molecule has 9 atom stereocenters. The van der Waals surface area contributed by atoms with E-state index in [1.807, 2.05) is 6.92 Å². The van der Waals surface area contributed by atoms with Crippen molar-refractivity contribution in [1.29, 1.82) is 0 Å². The SMILES string of the molecule is CC[C@H](C)[C@H](NC(=O)[C@H](CC(N)=O)NC(=O)[C@H](CCCCNC(C)=O)NC(=O)CNC(=O)CNC(=O)[C@H](CCCCNC(C)=O)NC(=O)CNC(=O)[C@@H](NC(=O)[C@@H](N)C(C)C)[C@@H](C)CC)C(=O)N[C@@H](C)C=O. The number of carbonyl (C=O) groups is 13. The fraction of sp³-hybridized carbons (Fsp3) is 0.717. The maximum absolute atomic E-state index is 13.7. The van der Waals surface area contributed by atoms with Crippen LogP contribution in [0.2, 0.25) is 0 Å². The Morgan fingerprint density at radius 2 is 0.903 bits per heavy atom. The highest BCUT2D eigenvalue weighted by Crippen LogP contribution is 2.12. The highest BCUT2D eigenvalue weighted by atomic mass is 16.2. The van der Waals surface area contributed by atoms with Gasteiger partial charge in [-0.25, -0.2) is 0 Å². The molecule has 0 aliphatic rings. The van der Waals surface area contributed by atoms with Crippen molar-refractivity contribution in [3.05, 3.63) is 0 Å². The second-order valence-electron chi connectivity index (χ2n) is 18.1. The van der Waals surface area contributed by atoms with Crippen LogP contribution in [0.25, 0.3) is 0 Å². The maximum atomic E-state index is 13.7. The summed E-state index contributed by atoms with van der Waals surface area (Å²) in [5.74, 6) is -9.57. The molecular formula is C46H81N13O13. The molecule has 0 radical (unpaired) electrons. The quantitative estimate of drug-likeness (QED) is 0.0210. The van der Waals surface area contributed by atoms with Crippen molar-refractivity contribution in [1.82, 2.24) is 58.5 Å². The summed E-state index contributed by atoms with van der Waals surface area (Å²) in [6.45, 7) is 13.2. The van der Waals surface area contributed by atoms with Gasteiger partial charge in [-0.05, 0) is 63.2 Å². The molecule has 0 fully saturated rings. The number of primary amides is 1. The van der Waals surface area contributed by atoms with Gasteiger partial charge >= 0.3 is 0 Å². The average molecular weight is 1020 g/mol. The van der Waals surface area contributed by atoms with Crippen LogP contribution >= 0.6 is 0 Å². The topological polar surface area (TPSA) is 406 Å². The first-order valence-corrected chi connectivity index (χ1v) is 24.4. The first kappa shape index (κ1) is 65.3. The van der Waals surface area contributed by atoms with E-state index < -0.39 is 133 Å². The highest BCUT2D eigenvalue weighted by Gasteiger charge is 2.34. The van der Waals surface area contributed by atoms with Crippen molar-refractivity contribution in [3.63, 3.8) is 0 Å². The van der Waals surface area contributed by atoms with Gasteiger partial charge in [0.25, 0.3) is 0 Å². The average Bonchev–Trinajstić information content (AvgIpc) is 3.32. The lowest BCUT2D eigenvalue weighted by Crippen LogP contribution is -2.59. The summed E-state index contributed by atoms with van der Waals surface area (Å²) in [5, 5.41) is 27.4. The lowest BCUT2D eigenvalue weighted by Gasteiger charge is -2.27. The van der Waals surface area contributed by atoms with Crippen molar-refractivity contribution >= 4 is 77.2 Å². The molecule has 0 aliphatic carbocycles. The van der Waals surface area contributed by atoms with Gasteiger partial charge in [0.1, 0.15) is 36.5 Å². The Balaban J connectivity index is 5.97. The minimum Gasteiger partial charge on any atom is -0.370 e. The van der Waals surface area contributed by atoms with Crippen molar-refractivity contribution in [3.8, 4) is 0 Å². The fourth-order valence-electron chi connectivity index (χ4n) is 6.55. The molecule has 26 nitrogen and oxygen atoms in total. The van der Waals surface area contributed by atoms with Gasteiger partial charge in [-0.15, -0.1) is 0 Å². The van der Waals surface area contributed by atoms with Crippen molar-refractivity contribution in [2.45, 2.75) is 162 Å². The van der Waals surface area contributed by atoms with E-state index in [1.165, 1.54) is 20.8 Å². The summed E-state index contributed by atoms with van der Waals surface area (Å²) in [4.78, 5) is 164. The molecule has 0 spiro atoms. The summed E-state index contributed by atoms with van der Waals surface area (Å²) < 4.78 is 0. The standard InChI is InChI=1S/C46H81N13O13/c1-10-26(5)39(59-44(70)38(48)25(3)4)45(71)53-23-37(66)55-31(16-12-14-18-49-29(8)61)41(67)52-21-35(64)51-22-36(65)56-32(17-13-15-19-50-30(9)62)42(68)57-33(20-34(47)63)43(69)58-40(27(6)11-2)46(72)54-28(7)24-60/h24-28,31-33,38-40H,10-23,48H2,1-9H3,(H2,47,63)(H,49,61)(H,50,62)(H,51,64)(H,52,67)(H,53,71)(H,54,72)(H,55,66)(H,56,65)(H,57,68)(H,58,69)(H,59,70)/t26-,27-,28-,31-,32-,33-,38-,39-,40-/m0/s1. The molecular weight excluding hydrogens is 943 g/mol. The number of unbranched alkanes of at least 4 members (excludes halogenated alkanes) is 2. The zero-order valence-corrected chi connectivity index (χ0v) is 43.2. The maximum Gasteiger partial charge on any atom is 0.243 e. The van der Waals surface area contributed by atoms with Gasteiger partial charge in [-0.2, -0.15) is 0 Å². The molecule has 12 amide bonds. The largest absolute Gasteiger partial charge is 0.370 e. The number of rotatable bonds is 36. The van der Waals surface area contributed by atoms with E-state index in [4.69, 9.17) is 11.5 Å². The number of carbonyl (C=O) groups excluding carboxylic acids is 13. The van der Waals surface area contributed by atoms with Crippen LogP contribution in [0.3, 0.4) is 0 Å². The van der Waals surface area contributed by atoms with Crippen LogP contribution in [-0.4, -0.2) is 152 Å². The van der Waals surface area contributed by atoms with E-state index >= 15 is 0 Å². The summed E-state index contributed by atoms with van der Waals surface area (Å²) in [6, 6.07) is -8.12. The second kappa shape index (κ2) is 35.4. The smallest absolute Gasteiger partial charge is 0.243 e. The van der Waals surface area contributed by atoms with E-state index in [-0.39, 0.29) is 56.0 Å². The van der Waals surface area contributed by atoms with Crippen LogP contribution in [0.15, 0.2) is 0 Å². The van der Waals surface area contributed by atoms with E-state index in [2.05, 4.69) is 58.5 Å². The Morgan fingerprint density at radius 1 is 0.472 bits per heavy atom. The molecule has 0 aliphatic heterocycles. The minimum atomic E-state index is -1.61. The van der Waals surface area contributed by atoms with Gasteiger partial charge in [-0.3, -0.25) is 57.5 Å². The third-order valence-corrected chi connectivity index (χ3v) is 11.4. The van der Waals surface area contributed by atoms with Gasteiger partial charge in [0.2, 0.25) is 70.9 Å². The van der Waals surface area contributed by atoms with Gasteiger partial charge in [0.15, 0.2) is 0 Å². The van der Waals surface area contributed by atoms with Crippen LogP contribution in [0.5, 0.6) is 0 Å². The molecule has 72 heavy (non-hydrogen) atoms. The van der Waals surface area contributed by atoms with E-state index in [0.717, 1.165) is 0 Å². The van der Waals surface area contributed by atoms with Gasteiger partial charge in [0.05, 0.1) is 38.1 Å². The van der Waals surface area contributed by atoms with E-state index in [0.29, 0.717) is 38.4 Å². The predicted molar refractivity (Wildman–Crippen MR) is 263 cm³/mol. The number of nitrogens with one attached hydrogen (secondary N) is 11. The third kappa shape index (κ3) is 27.6. The Morgan fingerprint density at radius 3 is 1.36 bits per heavy atom. The lowest BCUT2D eigenvalue weighted by atomic mass is 9.96. The molecule has 15 N–H and O–H groups in total. The highest BCUT2D eigenvalue weighted by molar-refractivity contribution is 5.98. The molecule has 0 aromatic rings. The molecule has 408 valence electrons. The Kier molecular flexibility index (Phi) is 32.1. The first-order chi connectivity index (χ1) is 33.8. The Labute approximate surface area is 421 Å². The lowest BCUT2D eigenvalue weighted by molar-refractivity contribution is -0.136. The molecule has 0 bridgehead atoms. The molecule has 0 heterocycles. The molecule has 26 heteroatoms. The van der Waals surface area contributed by atoms with Crippen LogP contribution < -0.4 is 70.0 Å². The number of amides is 12. The van der Waals surface area contributed by atoms with Crippen molar-refractivity contribution in [2.75, 3.05) is 32.7 Å². The van der Waals surface area contributed by atoms with Crippen LogP contribution in [-0.2, 0) is 62.3 Å². The van der Waals surface area contributed by atoms with E-state index in [1.54, 1.807) is 34.6 Å². The van der Waals surface area contributed by atoms with Gasteiger partial charge in [0, 0.05) is 26.9 Å². The molecule has 0 unspecified atom stereocenters. The van der Waals surface area contributed by atoms with Gasteiger partial charge in [-0.1, -0.05) is 54.4 Å². The molecule has 0 saturated carbocycles. The number of aldehydes is 1. The van der Waals surface area contributed by atoms with Crippen LogP contribution in [0.4, 0.5) is 0 Å². The zero-order chi connectivity index (χ0) is 55.1. The Bertz CT molecular complexity index is 1870. The van der Waals surface area contributed by atoms with Crippen LogP contribution in [0.1, 0.15) is 120 Å². The summed E-state index contributed by atoms with van der Waals surface area (Å²) in [6.07, 6.45) is 2.12. The zero-order valence-electron chi connectivity index (χ0n) is 43.2. The Hall–Kier alpha value is -6.73. The molecule has 0 aromatic heterocycles. The minimum absolute atomic E-state index is 0.0445. The molecule has 0 aromatic carbocycles. The number of hydrogen-bond acceptors (Lipinski definition) is 14. The number of hydrogen-bond donors (Lipinski definition) is 13. The fourth-order valence-corrected chi connectivity index (χ4v) is 6.55. The van der Waals surface area contributed by atoms with Gasteiger partial charge < -0.3 is 74.7 Å². The first-order valence-electron chi connectivity index (χ1n) is 24.4. The normalized spacial score (nSPS) is 14.6. The second-order valence-corrected chi connectivity index (χ2v) is 18.1. The summed E-state index contributed by atoms with van der Waals surface area (Å²) >= 11 is 0. The third-order valence-electron chi connectivity index (χ3n) is 11.4. The van der Waals surface area contributed by atoms with Crippen molar-refractivity contribution < 1.29 is 62.3 Å². The van der Waals surface area contributed by atoms with Crippen LogP contribution in [0, 0.1) is 17.8 Å². The predicted octanol–water partition coefficient (Wildman–Crippen LogP) is -3.97.